The van der Waals surface area contributed by atoms with Crippen LogP contribution in [0.4, 0.5) is 0 Å². The number of amides is 2. The largest absolute Gasteiger partial charge is 0.480 e. The molecule has 2 heterocycles. The van der Waals surface area contributed by atoms with Gasteiger partial charge in [-0.3, -0.25) is 9.59 Å². The van der Waals surface area contributed by atoms with Crippen molar-refractivity contribution in [1.82, 2.24) is 10.2 Å². The van der Waals surface area contributed by atoms with Gasteiger partial charge in [-0.05, 0) is 17.5 Å². The molecule has 2 aliphatic rings. The predicted molar refractivity (Wildman–Crippen MR) is 90.6 cm³/mol. The first kappa shape index (κ1) is 16.8. The lowest BCUT2D eigenvalue weighted by Crippen LogP contribution is -2.53. The summed E-state index contributed by atoms with van der Waals surface area (Å²) in [5.41, 5.74) is 1.56. The van der Waals surface area contributed by atoms with E-state index in [-0.39, 0.29) is 23.1 Å². The molecule has 0 aromatic heterocycles. The van der Waals surface area contributed by atoms with Gasteiger partial charge in [0.1, 0.15) is 17.5 Å². The molecule has 1 aromatic rings. The van der Waals surface area contributed by atoms with Crippen LogP contribution < -0.4 is 5.32 Å². The van der Waals surface area contributed by atoms with Crippen molar-refractivity contribution in [1.29, 1.82) is 0 Å². The number of carbonyl (C=O) groups is 3. The second-order valence-corrected chi connectivity index (χ2v) is 7.32. The van der Waals surface area contributed by atoms with Crippen molar-refractivity contribution in [3.8, 4) is 0 Å². The first-order valence-electron chi connectivity index (χ1n) is 8.02. The molecule has 2 unspecified atom stereocenters. The molecule has 2 amide bonds. The number of carboxylic acid groups (broad SMARTS) is 1. The molecule has 2 N–H and O–H groups in total. The number of hydrogen-bond donors (Lipinski definition) is 2. The van der Waals surface area contributed by atoms with E-state index in [9.17, 15) is 19.5 Å². The highest BCUT2D eigenvalue weighted by molar-refractivity contribution is 7.99. The average molecular weight is 348 g/mol. The highest BCUT2D eigenvalue weighted by Crippen LogP contribution is 2.48. The van der Waals surface area contributed by atoms with Crippen LogP contribution in [0, 0.1) is 5.92 Å². The Kier molecular flexibility index (Phi) is 4.54. The number of aliphatic carboxylic acids is 1. The lowest BCUT2D eigenvalue weighted by Gasteiger charge is -2.26. The molecule has 1 fully saturated rings. The maximum atomic E-state index is 12.6. The highest BCUT2D eigenvalue weighted by Gasteiger charge is 2.48. The summed E-state index contributed by atoms with van der Waals surface area (Å²) in [7, 11) is 0. The molecule has 0 saturated carbocycles. The summed E-state index contributed by atoms with van der Waals surface area (Å²) >= 11 is 1.54. The van der Waals surface area contributed by atoms with E-state index in [1.165, 1.54) is 0 Å². The minimum atomic E-state index is -1.05. The molecule has 0 spiro atoms. The number of hydrogen-bond acceptors (Lipinski definition) is 4. The van der Waals surface area contributed by atoms with Crippen LogP contribution in [0.2, 0.25) is 0 Å². The zero-order valence-corrected chi connectivity index (χ0v) is 14.4. The molecule has 1 aromatic carbocycles. The van der Waals surface area contributed by atoms with Gasteiger partial charge in [0.25, 0.3) is 5.91 Å². The molecule has 0 radical (unpaired) electrons. The second kappa shape index (κ2) is 6.47. The van der Waals surface area contributed by atoms with Crippen molar-refractivity contribution in [3.05, 3.63) is 35.4 Å². The van der Waals surface area contributed by atoms with E-state index >= 15 is 0 Å². The van der Waals surface area contributed by atoms with Gasteiger partial charge in [0.05, 0.1) is 0 Å². The number of carboxylic acids is 1. The number of nitrogens with zero attached hydrogens (tertiary/aromatic N) is 1. The minimum Gasteiger partial charge on any atom is -0.480 e. The third kappa shape index (κ3) is 2.66. The number of rotatable bonds is 5. The molecule has 4 atom stereocenters. The van der Waals surface area contributed by atoms with Crippen LogP contribution in [0.5, 0.6) is 0 Å². The van der Waals surface area contributed by atoms with E-state index in [0.717, 1.165) is 5.56 Å². The number of nitrogens with one attached hydrogen (secondary N) is 1. The molecular formula is C17H20N2O4S. The van der Waals surface area contributed by atoms with Crippen molar-refractivity contribution < 1.29 is 19.5 Å². The van der Waals surface area contributed by atoms with Gasteiger partial charge in [-0.15, -0.1) is 11.8 Å². The van der Waals surface area contributed by atoms with Crippen LogP contribution in [0.1, 0.15) is 41.6 Å². The van der Waals surface area contributed by atoms with E-state index in [1.807, 2.05) is 25.1 Å². The summed E-state index contributed by atoms with van der Waals surface area (Å²) in [5, 5.41) is 11.8. The van der Waals surface area contributed by atoms with Crippen LogP contribution in [0.15, 0.2) is 24.3 Å². The van der Waals surface area contributed by atoms with Crippen LogP contribution in [0.25, 0.3) is 0 Å². The molecule has 0 bridgehead atoms. The fraction of sp³-hybridized carbons (Fsp3) is 0.471. The summed E-state index contributed by atoms with van der Waals surface area (Å²) in [6.07, 6.45) is 0.646. The van der Waals surface area contributed by atoms with Crippen LogP contribution in [-0.4, -0.2) is 45.6 Å². The van der Waals surface area contributed by atoms with Crippen molar-refractivity contribution in [2.24, 2.45) is 5.92 Å². The topological polar surface area (TPSA) is 86.7 Å². The molecule has 1 saturated heterocycles. The molecule has 0 aliphatic carbocycles. The zero-order valence-electron chi connectivity index (χ0n) is 13.6. The predicted octanol–water partition coefficient (Wildman–Crippen LogP) is 1.87. The van der Waals surface area contributed by atoms with E-state index in [2.05, 4.69) is 5.32 Å². The monoisotopic (exact) mass is 348 g/mol. The standard InChI is InChI=1S/C17H20N2O4S/c1-3-9(2)13(17(22)23)18-14(20)12-8-24-16-11-7-5-4-6-10(11)15(21)19(12)16/h4-7,9,12-13,16H,3,8H2,1-2H3,(H,18,20)(H,22,23)/t9?,12-,13-,16?/m0/s1. The van der Waals surface area contributed by atoms with Crippen molar-refractivity contribution in [2.75, 3.05) is 5.75 Å². The number of carbonyl (C=O) groups excluding carboxylic acids is 2. The number of fused-ring (bicyclic) bond motifs is 3. The average Bonchev–Trinajstić information content (AvgIpc) is 3.12. The van der Waals surface area contributed by atoms with Gasteiger partial charge < -0.3 is 15.3 Å². The molecule has 6 nitrogen and oxygen atoms in total. The second-order valence-electron chi connectivity index (χ2n) is 6.21. The number of benzene rings is 1. The minimum absolute atomic E-state index is 0.156. The lowest BCUT2D eigenvalue weighted by molar-refractivity contribution is -0.143. The Morgan fingerprint density at radius 1 is 1.42 bits per heavy atom. The summed E-state index contributed by atoms with van der Waals surface area (Å²) in [5.74, 6) is -1.29. The van der Waals surface area contributed by atoms with Gasteiger partial charge in [-0.2, -0.15) is 0 Å². The quantitative estimate of drug-likeness (QED) is 0.848. The summed E-state index contributed by atoms with van der Waals surface area (Å²) < 4.78 is 0. The Balaban J connectivity index is 1.79. The summed E-state index contributed by atoms with van der Waals surface area (Å²) in [6, 6.07) is 5.79. The molecule has 2 aliphatic heterocycles. The molecule has 128 valence electrons. The molecule has 3 rings (SSSR count). The van der Waals surface area contributed by atoms with Crippen molar-refractivity contribution >= 4 is 29.5 Å². The van der Waals surface area contributed by atoms with Crippen LogP contribution >= 0.6 is 11.8 Å². The third-order valence-electron chi connectivity index (χ3n) is 4.77. The van der Waals surface area contributed by atoms with E-state index in [4.69, 9.17) is 0 Å². The Bertz CT molecular complexity index is 693. The zero-order chi connectivity index (χ0) is 17.4. The normalized spacial score (nSPS) is 24.2. The summed E-state index contributed by atoms with van der Waals surface area (Å²) in [6.45, 7) is 3.68. The van der Waals surface area contributed by atoms with Gasteiger partial charge in [-0.1, -0.05) is 38.5 Å². The smallest absolute Gasteiger partial charge is 0.326 e. The lowest BCUT2D eigenvalue weighted by atomic mass is 9.99. The Morgan fingerprint density at radius 3 is 2.79 bits per heavy atom. The van der Waals surface area contributed by atoms with Gasteiger partial charge in [-0.25, -0.2) is 4.79 Å². The van der Waals surface area contributed by atoms with Gasteiger partial charge in [0, 0.05) is 11.3 Å². The van der Waals surface area contributed by atoms with E-state index in [1.54, 1.807) is 29.7 Å². The summed E-state index contributed by atoms with van der Waals surface area (Å²) in [4.78, 5) is 38.3. The first-order valence-corrected chi connectivity index (χ1v) is 9.07. The first-order chi connectivity index (χ1) is 11.5. The third-order valence-corrected chi connectivity index (χ3v) is 6.08. The highest BCUT2D eigenvalue weighted by atomic mass is 32.2. The van der Waals surface area contributed by atoms with Crippen LogP contribution in [-0.2, 0) is 9.59 Å². The van der Waals surface area contributed by atoms with Crippen molar-refractivity contribution in [2.45, 2.75) is 37.7 Å². The Morgan fingerprint density at radius 2 is 2.12 bits per heavy atom. The molecular weight excluding hydrogens is 328 g/mol. The van der Waals surface area contributed by atoms with Crippen LogP contribution in [0.3, 0.4) is 0 Å². The Hall–Kier alpha value is -2.02. The van der Waals surface area contributed by atoms with E-state index < -0.39 is 18.1 Å². The number of thioether (sulfide) groups is 1. The van der Waals surface area contributed by atoms with Gasteiger partial charge in [0.15, 0.2) is 0 Å². The van der Waals surface area contributed by atoms with Crippen molar-refractivity contribution in [3.63, 3.8) is 0 Å². The SMILES string of the molecule is CCC(C)[C@H](NC(=O)[C@@H]1CSC2c3ccccc3C(=O)N21)C(=O)O. The maximum Gasteiger partial charge on any atom is 0.326 e. The maximum absolute atomic E-state index is 12.6. The van der Waals surface area contributed by atoms with E-state index in [0.29, 0.717) is 17.7 Å². The van der Waals surface area contributed by atoms with Gasteiger partial charge in [0.2, 0.25) is 5.91 Å². The molecule has 7 heteroatoms. The fourth-order valence-electron chi connectivity index (χ4n) is 3.17. The van der Waals surface area contributed by atoms with Gasteiger partial charge >= 0.3 is 5.97 Å². The molecule has 24 heavy (non-hydrogen) atoms. The fourth-order valence-corrected chi connectivity index (χ4v) is 4.64. The Labute approximate surface area is 144 Å².